The average Bonchev–Trinajstić information content (AvgIpc) is 2.94. The summed E-state index contributed by atoms with van der Waals surface area (Å²) in [6, 6.07) is 3.02. The first kappa shape index (κ1) is 14.0. The van der Waals surface area contributed by atoms with Crippen LogP contribution in [0, 0.1) is 12.8 Å². The molecule has 0 spiro atoms. The normalized spacial score (nSPS) is 21.0. The van der Waals surface area contributed by atoms with Crippen molar-refractivity contribution >= 4 is 11.3 Å². The predicted octanol–water partition coefficient (Wildman–Crippen LogP) is 3.27. The van der Waals surface area contributed by atoms with E-state index in [0.717, 1.165) is 25.0 Å². The van der Waals surface area contributed by atoms with Gasteiger partial charge in [0.1, 0.15) is 0 Å². The summed E-state index contributed by atoms with van der Waals surface area (Å²) in [4.78, 5) is 4.15. The number of thiophene rings is 1. The Labute approximate surface area is 115 Å². The number of hydrogen-bond acceptors (Lipinski definition) is 3. The van der Waals surface area contributed by atoms with Gasteiger partial charge >= 0.3 is 0 Å². The van der Waals surface area contributed by atoms with Gasteiger partial charge in [0.15, 0.2) is 0 Å². The Bertz CT molecular complexity index is 359. The first-order valence-electron chi connectivity index (χ1n) is 7.16. The highest BCUT2D eigenvalue weighted by Gasteiger charge is 2.26. The smallest absolute Gasteiger partial charge is 0.0302 e. The Kier molecular flexibility index (Phi) is 5.22. The van der Waals surface area contributed by atoms with Crippen molar-refractivity contribution < 1.29 is 0 Å². The third-order valence-electron chi connectivity index (χ3n) is 4.01. The summed E-state index contributed by atoms with van der Waals surface area (Å²) >= 11 is 1.86. The maximum absolute atomic E-state index is 3.58. The molecule has 1 unspecified atom stereocenters. The summed E-state index contributed by atoms with van der Waals surface area (Å²) in [6.45, 7) is 11.5. The van der Waals surface area contributed by atoms with Crippen molar-refractivity contribution in [3.63, 3.8) is 0 Å². The molecule has 1 N–H and O–H groups in total. The van der Waals surface area contributed by atoms with Crippen LogP contribution < -0.4 is 5.32 Å². The quantitative estimate of drug-likeness (QED) is 0.795. The Hall–Kier alpha value is -0.380. The molecule has 2 nitrogen and oxygen atoms in total. The van der Waals surface area contributed by atoms with Gasteiger partial charge in [-0.1, -0.05) is 13.8 Å². The maximum atomic E-state index is 3.58. The van der Waals surface area contributed by atoms with Crippen molar-refractivity contribution in [1.82, 2.24) is 10.2 Å². The molecule has 1 saturated heterocycles. The number of nitrogens with one attached hydrogen (secondary N) is 1. The Morgan fingerprint density at radius 3 is 3.00 bits per heavy atom. The SMILES string of the molecule is Cc1ccsc1CNCCN1CCCC1C(C)C. The van der Waals surface area contributed by atoms with Crippen LogP contribution in [-0.4, -0.2) is 30.6 Å². The highest BCUT2D eigenvalue weighted by Crippen LogP contribution is 2.22. The molecule has 0 saturated carbocycles. The van der Waals surface area contributed by atoms with Crippen LogP contribution in [0.25, 0.3) is 0 Å². The summed E-state index contributed by atoms with van der Waals surface area (Å²) in [5.74, 6) is 0.798. The second kappa shape index (κ2) is 6.69. The molecule has 1 aliphatic rings. The van der Waals surface area contributed by atoms with Gasteiger partial charge in [-0.3, -0.25) is 4.90 Å². The Morgan fingerprint density at radius 2 is 2.33 bits per heavy atom. The fourth-order valence-corrected chi connectivity index (χ4v) is 3.77. The third-order valence-corrected chi connectivity index (χ3v) is 5.04. The highest BCUT2D eigenvalue weighted by atomic mass is 32.1. The zero-order valence-electron chi connectivity index (χ0n) is 11.9. The van der Waals surface area contributed by atoms with Gasteiger partial charge in [-0.2, -0.15) is 0 Å². The molecular weight excluding hydrogens is 240 g/mol. The largest absolute Gasteiger partial charge is 0.311 e. The van der Waals surface area contributed by atoms with Crippen LogP contribution in [0.3, 0.4) is 0 Å². The van der Waals surface area contributed by atoms with Crippen LogP contribution in [0.5, 0.6) is 0 Å². The first-order chi connectivity index (χ1) is 8.68. The number of rotatable bonds is 6. The molecule has 0 bridgehead atoms. The lowest BCUT2D eigenvalue weighted by Crippen LogP contribution is -2.38. The van der Waals surface area contributed by atoms with E-state index in [1.54, 1.807) is 0 Å². The van der Waals surface area contributed by atoms with Gasteiger partial charge in [-0.15, -0.1) is 11.3 Å². The number of nitrogens with zero attached hydrogens (tertiary/aromatic N) is 1. The van der Waals surface area contributed by atoms with Crippen molar-refractivity contribution in [1.29, 1.82) is 0 Å². The van der Waals surface area contributed by atoms with E-state index in [1.807, 2.05) is 11.3 Å². The molecule has 0 aliphatic carbocycles. The minimum atomic E-state index is 0.798. The number of aryl methyl sites for hydroxylation is 1. The summed E-state index contributed by atoms with van der Waals surface area (Å²) in [7, 11) is 0. The van der Waals surface area contributed by atoms with Gasteiger partial charge in [-0.05, 0) is 49.2 Å². The zero-order valence-corrected chi connectivity index (χ0v) is 12.7. The predicted molar refractivity (Wildman–Crippen MR) is 80.2 cm³/mol. The maximum Gasteiger partial charge on any atom is 0.0302 e. The first-order valence-corrected chi connectivity index (χ1v) is 8.04. The second-order valence-electron chi connectivity index (χ2n) is 5.69. The summed E-state index contributed by atoms with van der Waals surface area (Å²) in [6.07, 6.45) is 2.77. The number of likely N-dealkylation sites (tertiary alicyclic amines) is 1. The van der Waals surface area contributed by atoms with Crippen molar-refractivity contribution in [2.24, 2.45) is 5.92 Å². The van der Waals surface area contributed by atoms with E-state index in [0.29, 0.717) is 0 Å². The molecule has 2 rings (SSSR count). The zero-order chi connectivity index (χ0) is 13.0. The van der Waals surface area contributed by atoms with E-state index >= 15 is 0 Å². The van der Waals surface area contributed by atoms with Gasteiger partial charge in [0.2, 0.25) is 0 Å². The molecule has 0 radical (unpaired) electrons. The van der Waals surface area contributed by atoms with Crippen LogP contribution in [-0.2, 0) is 6.54 Å². The van der Waals surface area contributed by atoms with Gasteiger partial charge in [0.05, 0.1) is 0 Å². The fraction of sp³-hybridized carbons (Fsp3) is 0.733. The van der Waals surface area contributed by atoms with Crippen molar-refractivity contribution in [3.8, 4) is 0 Å². The summed E-state index contributed by atoms with van der Waals surface area (Å²) < 4.78 is 0. The van der Waals surface area contributed by atoms with Crippen LogP contribution in [0.2, 0.25) is 0 Å². The molecule has 1 atom stereocenters. The lowest BCUT2D eigenvalue weighted by Gasteiger charge is -2.27. The topological polar surface area (TPSA) is 15.3 Å². The van der Waals surface area contributed by atoms with E-state index in [2.05, 4.69) is 42.4 Å². The van der Waals surface area contributed by atoms with Crippen molar-refractivity contribution in [3.05, 3.63) is 21.9 Å². The molecule has 3 heteroatoms. The van der Waals surface area contributed by atoms with E-state index in [4.69, 9.17) is 0 Å². The minimum Gasteiger partial charge on any atom is -0.311 e. The molecule has 1 aliphatic heterocycles. The Morgan fingerprint density at radius 1 is 1.50 bits per heavy atom. The molecule has 102 valence electrons. The molecule has 0 amide bonds. The molecule has 18 heavy (non-hydrogen) atoms. The van der Waals surface area contributed by atoms with Crippen molar-refractivity contribution in [2.75, 3.05) is 19.6 Å². The standard InChI is InChI=1S/C15H26N2S/c1-12(2)14-5-4-8-17(14)9-7-16-11-15-13(3)6-10-18-15/h6,10,12,14,16H,4-5,7-9,11H2,1-3H3. The molecule has 1 fully saturated rings. The molecule has 1 aromatic rings. The van der Waals surface area contributed by atoms with Crippen LogP contribution in [0.15, 0.2) is 11.4 Å². The van der Waals surface area contributed by atoms with Gasteiger partial charge < -0.3 is 5.32 Å². The van der Waals surface area contributed by atoms with E-state index in [-0.39, 0.29) is 0 Å². The number of hydrogen-bond donors (Lipinski definition) is 1. The molecular formula is C15H26N2S. The fourth-order valence-electron chi connectivity index (χ4n) is 2.89. The van der Waals surface area contributed by atoms with Crippen molar-refractivity contribution in [2.45, 2.75) is 46.2 Å². The van der Waals surface area contributed by atoms with Crippen LogP contribution in [0.1, 0.15) is 37.1 Å². The summed E-state index contributed by atoms with van der Waals surface area (Å²) in [5, 5.41) is 5.77. The van der Waals surface area contributed by atoms with Gasteiger partial charge in [0, 0.05) is 30.6 Å². The van der Waals surface area contributed by atoms with Crippen LogP contribution >= 0.6 is 11.3 Å². The van der Waals surface area contributed by atoms with E-state index in [9.17, 15) is 0 Å². The van der Waals surface area contributed by atoms with E-state index < -0.39 is 0 Å². The molecule has 1 aromatic heterocycles. The van der Waals surface area contributed by atoms with E-state index in [1.165, 1.54) is 36.4 Å². The van der Waals surface area contributed by atoms with Crippen LogP contribution in [0.4, 0.5) is 0 Å². The van der Waals surface area contributed by atoms with Gasteiger partial charge in [-0.25, -0.2) is 0 Å². The minimum absolute atomic E-state index is 0.798. The highest BCUT2D eigenvalue weighted by molar-refractivity contribution is 7.10. The molecule has 2 heterocycles. The summed E-state index contributed by atoms with van der Waals surface area (Å²) in [5.41, 5.74) is 1.42. The lowest BCUT2D eigenvalue weighted by molar-refractivity contribution is 0.207. The third kappa shape index (κ3) is 3.56. The van der Waals surface area contributed by atoms with Gasteiger partial charge in [0.25, 0.3) is 0 Å². The monoisotopic (exact) mass is 266 g/mol. The second-order valence-corrected chi connectivity index (χ2v) is 6.69. The average molecular weight is 266 g/mol. The lowest BCUT2D eigenvalue weighted by atomic mass is 10.0. The Balaban J connectivity index is 1.68. The molecule has 0 aromatic carbocycles.